The lowest BCUT2D eigenvalue weighted by Gasteiger charge is -2.12. The van der Waals surface area contributed by atoms with E-state index in [0.717, 1.165) is 17.7 Å². The molecule has 1 heterocycles. The molecule has 0 spiro atoms. The van der Waals surface area contributed by atoms with Crippen molar-refractivity contribution < 1.29 is 31.9 Å². The Balaban J connectivity index is 1.46. The van der Waals surface area contributed by atoms with Gasteiger partial charge < -0.3 is 14.0 Å². The standard InChI is InChI=1S/C26H21FN2O6S/c27-24-22(35-25(30)21-13-8-16-29(21)17-19-9-3-1-4-10-19)14-7-15-23(24)36(32,33)28-26(31)34-18-20-11-5-2-6-12-20/h1-16H,17-18H2,(H,28,31). The van der Waals surface area contributed by atoms with Crippen molar-refractivity contribution in [2.75, 3.05) is 0 Å². The Morgan fingerprint density at radius 2 is 1.50 bits per heavy atom. The van der Waals surface area contributed by atoms with Gasteiger partial charge in [0.15, 0.2) is 11.6 Å². The summed E-state index contributed by atoms with van der Waals surface area (Å²) in [4.78, 5) is 23.9. The van der Waals surface area contributed by atoms with Crippen molar-refractivity contribution in [1.29, 1.82) is 0 Å². The molecular weight excluding hydrogens is 487 g/mol. The number of carbonyl (C=O) groups excluding carboxylic acids is 2. The summed E-state index contributed by atoms with van der Waals surface area (Å²) in [6.45, 7) is 0.204. The number of hydrogen-bond acceptors (Lipinski definition) is 6. The van der Waals surface area contributed by atoms with Crippen LogP contribution < -0.4 is 9.46 Å². The largest absolute Gasteiger partial charge is 0.444 e. The third-order valence-electron chi connectivity index (χ3n) is 5.08. The van der Waals surface area contributed by atoms with Gasteiger partial charge in [0.25, 0.3) is 10.0 Å². The molecule has 184 valence electrons. The molecule has 3 aromatic carbocycles. The van der Waals surface area contributed by atoms with Crippen LogP contribution in [-0.2, 0) is 27.9 Å². The van der Waals surface area contributed by atoms with Gasteiger partial charge in [0.1, 0.15) is 17.2 Å². The number of hydrogen-bond donors (Lipinski definition) is 1. The first-order valence-electron chi connectivity index (χ1n) is 10.8. The van der Waals surface area contributed by atoms with Gasteiger partial charge in [-0.1, -0.05) is 66.7 Å². The van der Waals surface area contributed by atoms with Crippen LogP contribution in [0, 0.1) is 5.82 Å². The fourth-order valence-electron chi connectivity index (χ4n) is 3.36. The van der Waals surface area contributed by atoms with Crippen LogP contribution in [0.1, 0.15) is 21.6 Å². The Labute approximate surface area is 207 Å². The van der Waals surface area contributed by atoms with Crippen molar-refractivity contribution in [3.8, 4) is 5.75 Å². The summed E-state index contributed by atoms with van der Waals surface area (Å²) in [5.41, 5.74) is 1.73. The first-order valence-corrected chi connectivity index (χ1v) is 12.2. The molecule has 0 bridgehead atoms. The second-order valence-electron chi connectivity index (χ2n) is 7.63. The average Bonchev–Trinajstić information content (AvgIpc) is 3.33. The number of sulfonamides is 1. The summed E-state index contributed by atoms with van der Waals surface area (Å²) in [5.74, 6) is -2.80. The maximum Gasteiger partial charge on any atom is 0.421 e. The predicted molar refractivity (Wildman–Crippen MR) is 128 cm³/mol. The Hall–Kier alpha value is -4.44. The molecule has 8 nitrogen and oxygen atoms in total. The predicted octanol–water partition coefficient (Wildman–Crippen LogP) is 4.51. The summed E-state index contributed by atoms with van der Waals surface area (Å²) in [6, 6.07) is 24.4. The molecule has 4 aromatic rings. The lowest BCUT2D eigenvalue weighted by Crippen LogP contribution is -2.31. The molecular formula is C26H21FN2O6S. The number of ether oxygens (including phenoxy) is 2. The fourth-order valence-corrected chi connectivity index (χ4v) is 4.35. The normalized spacial score (nSPS) is 11.0. The van der Waals surface area contributed by atoms with E-state index < -0.39 is 38.5 Å². The Morgan fingerprint density at radius 3 is 2.19 bits per heavy atom. The second kappa shape index (κ2) is 10.9. The molecule has 0 radical (unpaired) electrons. The van der Waals surface area contributed by atoms with E-state index in [4.69, 9.17) is 9.47 Å². The highest BCUT2D eigenvalue weighted by atomic mass is 32.2. The molecule has 0 fully saturated rings. The highest BCUT2D eigenvalue weighted by Crippen LogP contribution is 2.25. The van der Waals surface area contributed by atoms with Crippen LogP contribution in [0.4, 0.5) is 9.18 Å². The van der Waals surface area contributed by atoms with Gasteiger partial charge in [-0.2, -0.15) is 0 Å². The van der Waals surface area contributed by atoms with Crippen molar-refractivity contribution in [3.63, 3.8) is 0 Å². The van der Waals surface area contributed by atoms with E-state index in [0.29, 0.717) is 12.1 Å². The van der Waals surface area contributed by atoms with Gasteiger partial charge in [-0.05, 0) is 35.4 Å². The smallest absolute Gasteiger partial charge is 0.421 e. The number of aromatic nitrogens is 1. The maximum absolute atomic E-state index is 15.1. The average molecular weight is 509 g/mol. The van der Waals surface area contributed by atoms with E-state index in [-0.39, 0.29) is 12.3 Å². The lowest BCUT2D eigenvalue weighted by molar-refractivity contribution is 0.0715. The summed E-state index contributed by atoms with van der Waals surface area (Å²) >= 11 is 0. The number of rotatable bonds is 8. The number of carbonyl (C=O) groups is 2. The number of amides is 1. The molecule has 1 aromatic heterocycles. The SMILES string of the molecule is O=C(NS(=O)(=O)c1cccc(OC(=O)c2cccn2Cc2ccccc2)c1F)OCc1ccccc1. The van der Waals surface area contributed by atoms with E-state index in [9.17, 15) is 18.0 Å². The van der Waals surface area contributed by atoms with E-state index in [2.05, 4.69) is 0 Å². The molecule has 36 heavy (non-hydrogen) atoms. The van der Waals surface area contributed by atoms with Gasteiger partial charge in [0.2, 0.25) is 0 Å². The highest BCUT2D eigenvalue weighted by Gasteiger charge is 2.26. The molecule has 10 heteroatoms. The van der Waals surface area contributed by atoms with Gasteiger partial charge in [-0.25, -0.2) is 27.1 Å². The van der Waals surface area contributed by atoms with Crippen molar-refractivity contribution >= 4 is 22.1 Å². The van der Waals surface area contributed by atoms with Crippen LogP contribution in [0.25, 0.3) is 0 Å². The minimum Gasteiger partial charge on any atom is -0.444 e. The number of nitrogens with zero attached hydrogens (tertiary/aromatic N) is 1. The molecule has 0 aliphatic carbocycles. The zero-order valence-corrected chi connectivity index (χ0v) is 19.7. The van der Waals surface area contributed by atoms with Crippen LogP contribution in [0.3, 0.4) is 0 Å². The zero-order valence-electron chi connectivity index (χ0n) is 18.8. The zero-order chi connectivity index (χ0) is 25.5. The summed E-state index contributed by atoms with van der Waals surface area (Å²) in [5, 5.41) is 0. The number of esters is 1. The van der Waals surface area contributed by atoms with Gasteiger partial charge in [-0.15, -0.1) is 0 Å². The summed E-state index contributed by atoms with van der Waals surface area (Å²) in [6.07, 6.45) is 0.394. The van der Waals surface area contributed by atoms with Crippen LogP contribution in [0.15, 0.2) is 102 Å². The van der Waals surface area contributed by atoms with Gasteiger partial charge in [0, 0.05) is 12.7 Å². The second-order valence-corrected chi connectivity index (χ2v) is 9.28. The fraction of sp³-hybridized carbons (Fsp3) is 0.0769. The quantitative estimate of drug-likeness (QED) is 0.278. The number of halogens is 1. The Kier molecular flexibility index (Phi) is 7.45. The van der Waals surface area contributed by atoms with E-state index in [1.807, 2.05) is 30.3 Å². The lowest BCUT2D eigenvalue weighted by atomic mass is 10.2. The molecule has 1 amide bonds. The first kappa shape index (κ1) is 24.7. The third-order valence-corrected chi connectivity index (χ3v) is 6.41. The minimum absolute atomic E-state index is 0.147. The highest BCUT2D eigenvalue weighted by molar-refractivity contribution is 7.90. The van der Waals surface area contributed by atoms with Gasteiger partial charge in [0.05, 0.1) is 0 Å². The van der Waals surface area contributed by atoms with Crippen molar-refractivity contribution in [2.45, 2.75) is 18.0 Å². The van der Waals surface area contributed by atoms with E-state index >= 15 is 4.39 Å². The van der Waals surface area contributed by atoms with Crippen LogP contribution >= 0.6 is 0 Å². The molecule has 4 rings (SSSR count). The Bertz CT molecular complexity index is 1470. The number of nitrogens with one attached hydrogen (secondary N) is 1. The molecule has 0 saturated heterocycles. The van der Waals surface area contributed by atoms with Crippen molar-refractivity contribution in [1.82, 2.24) is 9.29 Å². The molecule has 0 saturated carbocycles. The topological polar surface area (TPSA) is 104 Å². The van der Waals surface area contributed by atoms with E-state index in [1.165, 1.54) is 12.1 Å². The van der Waals surface area contributed by atoms with E-state index in [1.54, 1.807) is 51.9 Å². The monoisotopic (exact) mass is 508 g/mol. The van der Waals surface area contributed by atoms with Crippen LogP contribution in [0.5, 0.6) is 5.75 Å². The molecule has 0 aliphatic rings. The van der Waals surface area contributed by atoms with Gasteiger partial charge in [-0.3, -0.25) is 0 Å². The molecule has 0 aliphatic heterocycles. The van der Waals surface area contributed by atoms with Crippen LogP contribution in [0.2, 0.25) is 0 Å². The summed E-state index contributed by atoms with van der Waals surface area (Å²) in [7, 11) is -4.65. The molecule has 0 unspecified atom stereocenters. The Morgan fingerprint density at radius 1 is 0.833 bits per heavy atom. The van der Waals surface area contributed by atoms with Crippen molar-refractivity contribution in [2.24, 2.45) is 0 Å². The van der Waals surface area contributed by atoms with Crippen molar-refractivity contribution in [3.05, 3.63) is 120 Å². The summed E-state index contributed by atoms with van der Waals surface area (Å²) < 4.78 is 53.6. The van der Waals surface area contributed by atoms with Gasteiger partial charge >= 0.3 is 12.1 Å². The molecule has 1 N–H and O–H groups in total. The molecule has 0 atom stereocenters. The van der Waals surface area contributed by atoms with Crippen LogP contribution in [-0.4, -0.2) is 25.0 Å². The first-order chi connectivity index (χ1) is 17.3. The minimum atomic E-state index is -4.65. The number of benzene rings is 3. The third kappa shape index (κ3) is 5.97. The maximum atomic E-state index is 15.1.